The van der Waals surface area contributed by atoms with Crippen molar-refractivity contribution < 1.29 is 101 Å². The number of hydrogen-bond donors (Lipinski definition) is 0. The molecule has 0 heterocycles. The minimum atomic E-state index is -5.05. The van der Waals surface area contributed by atoms with Crippen LogP contribution in [0.1, 0.15) is 27.9 Å². The van der Waals surface area contributed by atoms with Gasteiger partial charge in [-0.25, -0.2) is 16.8 Å². The van der Waals surface area contributed by atoms with Crippen molar-refractivity contribution >= 4 is 32.1 Å². The van der Waals surface area contributed by atoms with Crippen molar-refractivity contribution in [2.75, 3.05) is 0 Å². The van der Waals surface area contributed by atoms with Gasteiger partial charge in [-0.3, -0.25) is 4.79 Å². The summed E-state index contributed by atoms with van der Waals surface area (Å²) < 4.78 is 67.7. The summed E-state index contributed by atoms with van der Waals surface area (Å²) >= 11 is 0. The molecule has 1 aliphatic carbocycles. The zero-order chi connectivity index (χ0) is 19.1. The summed E-state index contributed by atoms with van der Waals surface area (Å²) in [5.41, 5.74) is 1.54. The number of ketones is 1. The number of aryl methyl sites for hydroxylation is 1. The topological polar surface area (TPSA) is 194 Å². The van der Waals surface area contributed by atoms with E-state index in [1.807, 2.05) is 12.1 Å². The molecule has 1 aliphatic rings. The van der Waals surface area contributed by atoms with Gasteiger partial charge in [0.2, 0.25) is 0 Å². The summed E-state index contributed by atoms with van der Waals surface area (Å²) in [4.78, 5) is 10.9. The Kier molecular flexibility index (Phi) is 12.7. The Labute approximate surface area is 218 Å². The second-order valence-corrected chi connectivity index (χ2v) is 8.49. The van der Waals surface area contributed by atoms with Crippen molar-refractivity contribution in [3.8, 4) is 0 Å². The zero-order valence-electron chi connectivity index (χ0n) is 16.2. The minimum Gasteiger partial charge on any atom is -0.744 e. The molecule has 2 aromatic rings. The minimum absolute atomic E-state index is 0. The Balaban J connectivity index is 0. The smallest absolute Gasteiger partial charge is 0.744 e. The zero-order valence-corrected chi connectivity index (χ0v) is 21.8. The van der Waals surface area contributed by atoms with Crippen LogP contribution in [-0.2, 0) is 26.7 Å². The van der Waals surface area contributed by atoms with Crippen LogP contribution < -0.4 is 59.1 Å². The van der Waals surface area contributed by atoms with E-state index < -0.39 is 30.0 Å². The molecule has 0 aromatic heterocycles. The number of benzene rings is 2. The molecule has 0 saturated carbocycles. The molecule has 0 aliphatic heterocycles. The van der Waals surface area contributed by atoms with Gasteiger partial charge in [0.15, 0.2) is 5.78 Å². The Morgan fingerprint density at radius 2 is 1.43 bits per heavy atom. The van der Waals surface area contributed by atoms with Crippen LogP contribution in [0.5, 0.6) is 0 Å². The molecule has 13 heteroatoms. The molecular formula is C17H16Na2O9S2. The maximum absolute atomic E-state index is 12.6. The van der Waals surface area contributed by atoms with Crippen molar-refractivity contribution in [1.29, 1.82) is 0 Å². The number of carbonyl (C=O) groups is 1. The van der Waals surface area contributed by atoms with E-state index in [0.717, 1.165) is 17.7 Å². The first-order valence-electron chi connectivity index (χ1n) is 7.46. The summed E-state index contributed by atoms with van der Waals surface area (Å²) in [6.45, 7) is 0. The van der Waals surface area contributed by atoms with E-state index in [0.29, 0.717) is 30.0 Å². The van der Waals surface area contributed by atoms with Crippen LogP contribution in [0.25, 0.3) is 6.08 Å². The Morgan fingerprint density at radius 3 is 2.00 bits per heavy atom. The van der Waals surface area contributed by atoms with E-state index >= 15 is 0 Å². The van der Waals surface area contributed by atoms with E-state index in [1.54, 1.807) is 12.1 Å². The molecule has 0 unspecified atom stereocenters. The second kappa shape index (κ2) is 12.0. The first-order chi connectivity index (χ1) is 12.1. The maximum atomic E-state index is 12.6. The summed E-state index contributed by atoms with van der Waals surface area (Å²) in [5.74, 6) is -0.290. The van der Waals surface area contributed by atoms with E-state index in [2.05, 4.69) is 0 Å². The number of rotatable bonds is 3. The van der Waals surface area contributed by atoms with Crippen LogP contribution in [0.4, 0.5) is 0 Å². The predicted molar refractivity (Wildman–Crippen MR) is 96.7 cm³/mol. The molecule has 0 spiro atoms. The molecule has 0 bridgehead atoms. The van der Waals surface area contributed by atoms with Crippen LogP contribution in [0.3, 0.4) is 0 Å². The van der Waals surface area contributed by atoms with Crippen molar-refractivity contribution in [3.63, 3.8) is 0 Å². The normalized spacial score (nSPS) is 14.3. The molecule has 3 rings (SSSR count). The van der Waals surface area contributed by atoms with Gasteiger partial charge in [0.25, 0.3) is 0 Å². The average molecular weight is 474 g/mol. The van der Waals surface area contributed by atoms with E-state index in [4.69, 9.17) is 0 Å². The third-order valence-electron chi connectivity index (χ3n) is 4.09. The Morgan fingerprint density at radius 1 is 0.833 bits per heavy atom. The summed E-state index contributed by atoms with van der Waals surface area (Å²) in [5, 5.41) is 0. The Hall–Kier alpha value is -0.410. The fraction of sp³-hybridized carbons (Fsp3) is 0.118. The van der Waals surface area contributed by atoms with E-state index in [1.165, 1.54) is 6.08 Å². The largest absolute Gasteiger partial charge is 1.00 e. The third-order valence-corrected chi connectivity index (χ3v) is 5.81. The van der Waals surface area contributed by atoms with Gasteiger partial charge < -0.3 is 20.1 Å². The first-order valence-corrected chi connectivity index (χ1v) is 10.3. The SMILES string of the molecule is O.O.O=C1/C(=C/c2ccc(S(=O)(=O)[O-])cc2S(=O)(=O)[O-])CCc2ccccc21.[Na+].[Na+]. The van der Waals surface area contributed by atoms with E-state index in [9.17, 15) is 30.7 Å². The Bertz CT molecular complexity index is 1160. The molecule has 2 aromatic carbocycles. The molecule has 0 amide bonds. The summed E-state index contributed by atoms with van der Waals surface area (Å²) in [6.07, 6.45) is 2.17. The van der Waals surface area contributed by atoms with Crippen molar-refractivity contribution in [2.45, 2.75) is 22.6 Å². The monoisotopic (exact) mass is 474 g/mol. The first kappa shape index (κ1) is 31.8. The molecule has 30 heavy (non-hydrogen) atoms. The second-order valence-electron chi connectivity index (χ2n) is 5.76. The fourth-order valence-electron chi connectivity index (χ4n) is 2.85. The number of hydrogen-bond acceptors (Lipinski definition) is 7. The number of Topliss-reactive ketones (excluding diaryl/α,β-unsaturated/α-hetero) is 1. The van der Waals surface area contributed by atoms with Crippen molar-refractivity contribution in [3.05, 3.63) is 64.7 Å². The van der Waals surface area contributed by atoms with Gasteiger partial charge in [-0.1, -0.05) is 30.3 Å². The third kappa shape index (κ3) is 7.05. The molecule has 152 valence electrons. The molecule has 0 fully saturated rings. The molecule has 4 N–H and O–H groups in total. The van der Waals surface area contributed by atoms with Gasteiger partial charge in [-0.2, -0.15) is 0 Å². The van der Waals surface area contributed by atoms with Gasteiger partial charge in [0.1, 0.15) is 20.2 Å². The molecule has 9 nitrogen and oxygen atoms in total. The molecule has 0 atom stereocenters. The van der Waals surface area contributed by atoms with Crippen LogP contribution in [0.15, 0.2) is 57.8 Å². The number of carbonyl (C=O) groups excluding carboxylic acids is 1. The summed E-state index contributed by atoms with van der Waals surface area (Å²) in [6, 6.07) is 9.47. The number of fused-ring (bicyclic) bond motifs is 1. The van der Waals surface area contributed by atoms with Gasteiger partial charge in [0.05, 0.1) is 9.79 Å². The van der Waals surface area contributed by atoms with E-state index in [-0.39, 0.29) is 81.4 Å². The van der Waals surface area contributed by atoms with Crippen LogP contribution >= 0.6 is 0 Å². The van der Waals surface area contributed by atoms with Gasteiger partial charge in [-0.15, -0.1) is 0 Å². The predicted octanol–water partition coefficient (Wildman–Crippen LogP) is -5.93. The quantitative estimate of drug-likeness (QED) is 0.240. The van der Waals surface area contributed by atoms with Gasteiger partial charge in [0, 0.05) is 11.1 Å². The van der Waals surface area contributed by atoms with Gasteiger partial charge >= 0.3 is 59.1 Å². The summed E-state index contributed by atoms with van der Waals surface area (Å²) in [7, 11) is -9.98. The standard InChI is InChI=1S/C17H14O7S2.2Na.2H2O/c18-17-13(6-5-11-3-1-2-4-15(11)17)9-12-7-8-14(25(19,20)21)10-16(12)26(22,23)24;;;;/h1-4,7-10H,5-6H2,(H,19,20,21)(H,22,23,24);;;2*1H2/q;2*+1;;/p-2/b13-9+;;;;. The maximum Gasteiger partial charge on any atom is 1.00 e. The average Bonchev–Trinajstić information content (AvgIpc) is 2.56. The molecular weight excluding hydrogens is 458 g/mol. The van der Waals surface area contributed by atoms with Crippen LogP contribution in [-0.4, -0.2) is 42.7 Å². The fourth-order valence-corrected chi connectivity index (χ4v) is 4.11. The van der Waals surface area contributed by atoms with Crippen LogP contribution in [0.2, 0.25) is 0 Å². The van der Waals surface area contributed by atoms with Crippen molar-refractivity contribution in [2.24, 2.45) is 0 Å². The van der Waals surface area contributed by atoms with Gasteiger partial charge in [-0.05, 0) is 42.2 Å². The molecule has 0 saturated heterocycles. The van der Waals surface area contributed by atoms with Crippen molar-refractivity contribution in [1.82, 2.24) is 0 Å². The molecule has 0 radical (unpaired) electrons. The van der Waals surface area contributed by atoms with Crippen LogP contribution in [0, 0.1) is 0 Å². The number of allylic oxidation sites excluding steroid dienone is 1.